The predicted molar refractivity (Wildman–Crippen MR) is 218 cm³/mol. The first-order valence-corrected chi connectivity index (χ1v) is 18.4. The van der Waals surface area contributed by atoms with Crippen LogP contribution in [0.25, 0.3) is 6.08 Å². The standard InChI is InChI=1S/C45H43N3O5S/c1-6-9-24-37(8-3)48-44(51)38(27-33-26-36(17-7-2)42(39(28-33)52-5)53-29-32-19-16-18-31(4)25-32)43(50)47-45(48)54-30-40(49)46-41(34-20-12-10-13-21-34)35-22-14-11-15-23-35/h6-16,18-28,41H,1-2,17,29-30H2,3-5H3,(H,46,49)/b24-9-,37-8+,38-27+. The van der Waals surface area contributed by atoms with Crippen LogP contribution in [0.4, 0.5) is 0 Å². The Hall–Kier alpha value is -6.19. The summed E-state index contributed by atoms with van der Waals surface area (Å²) in [4.78, 5) is 47.1. The topological polar surface area (TPSA) is 97.3 Å². The fraction of sp³-hybridized carbons (Fsp3) is 0.156. The number of thioether (sulfide) groups is 1. The van der Waals surface area contributed by atoms with Gasteiger partial charge < -0.3 is 14.8 Å². The number of methoxy groups -OCH3 is 1. The SMILES string of the molecule is C=C/C=C\C(=C/C)N1C(=O)/C(=C/c2cc(CC=C)c(OCc3cccc(C)c3)c(OC)c2)C(=O)N=C1SCC(=O)NC(c1ccccc1)c1ccccc1. The highest BCUT2D eigenvalue weighted by Gasteiger charge is 2.35. The molecule has 0 aromatic heterocycles. The number of rotatable bonds is 15. The minimum absolute atomic E-state index is 0.0832. The average Bonchev–Trinajstić information content (AvgIpc) is 3.18. The number of nitrogens with zero attached hydrogens (tertiary/aromatic N) is 2. The van der Waals surface area contributed by atoms with Gasteiger partial charge in [-0.1, -0.05) is 133 Å². The second-order valence-corrected chi connectivity index (χ2v) is 13.2. The summed E-state index contributed by atoms with van der Waals surface area (Å²) in [5, 5.41) is 3.19. The first-order valence-electron chi connectivity index (χ1n) is 17.4. The van der Waals surface area contributed by atoms with E-state index in [1.165, 1.54) is 18.1 Å². The highest BCUT2D eigenvalue weighted by molar-refractivity contribution is 8.14. The third-order valence-electron chi connectivity index (χ3n) is 8.43. The molecule has 274 valence electrons. The van der Waals surface area contributed by atoms with Gasteiger partial charge in [0.1, 0.15) is 12.2 Å². The molecule has 0 radical (unpaired) electrons. The molecule has 4 aromatic carbocycles. The second-order valence-electron chi connectivity index (χ2n) is 12.3. The number of aryl methyl sites for hydroxylation is 1. The zero-order valence-electron chi connectivity index (χ0n) is 30.7. The molecule has 0 fully saturated rings. The minimum atomic E-state index is -0.724. The predicted octanol–water partition coefficient (Wildman–Crippen LogP) is 8.70. The van der Waals surface area contributed by atoms with Gasteiger partial charge in [0.15, 0.2) is 16.7 Å². The minimum Gasteiger partial charge on any atom is -0.493 e. The first-order chi connectivity index (χ1) is 26.3. The molecule has 1 N–H and O–H groups in total. The van der Waals surface area contributed by atoms with Crippen LogP contribution in [0.3, 0.4) is 0 Å². The maximum absolute atomic E-state index is 14.3. The summed E-state index contributed by atoms with van der Waals surface area (Å²) < 4.78 is 12.0. The fourth-order valence-electron chi connectivity index (χ4n) is 5.91. The highest BCUT2D eigenvalue weighted by atomic mass is 32.2. The number of carbonyl (C=O) groups is 3. The van der Waals surface area contributed by atoms with Crippen LogP contribution >= 0.6 is 11.8 Å². The van der Waals surface area contributed by atoms with Gasteiger partial charge in [0.25, 0.3) is 11.8 Å². The van der Waals surface area contributed by atoms with Gasteiger partial charge in [-0.15, -0.1) is 6.58 Å². The Bertz CT molecular complexity index is 2100. The maximum atomic E-state index is 14.3. The van der Waals surface area contributed by atoms with Crippen LogP contribution in [0.1, 0.15) is 46.3 Å². The van der Waals surface area contributed by atoms with E-state index in [-0.39, 0.29) is 22.4 Å². The van der Waals surface area contributed by atoms with E-state index >= 15 is 0 Å². The van der Waals surface area contributed by atoms with Crippen molar-refractivity contribution in [2.45, 2.75) is 32.9 Å². The maximum Gasteiger partial charge on any atom is 0.285 e. The molecule has 4 aromatic rings. The molecule has 0 atom stereocenters. The van der Waals surface area contributed by atoms with Crippen molar-refractivity contribution >= 4 is 40.7 Å². The van der Waals surface area contributed by atoms with Crippen LogP contribution in [0.5, 0.6) is 11.5 Å². The molecule has 1 aliphatic rings. The lowest BCUT2D eigenvalue weighted by Crippen LogP contribution is -2.42. The Labute approximate surface area is 321 Å². The van der Waals surface area contributed by atoms with E-state index in [0.29, 0.717) is 35.8 Å². The van der Waals surface area contributed by atoms with E-state index in [4.69, 9.17) is 9.47 Å². The van der Waals surface area contributed by atoms with Crippen molar-refractivity contribution in [1.29, 1.82) is 0 Å². The largest absolute Gasteiger partial charge is 0.493 e. The molecule has 8 nitrogen and oxygen atoms in total. The highest BCUT2D eigenvalue weighted by Crippen LogP contribution is 2.36. The summed E-state index contributed by atoms with van der Waals surface area (Å²) in [5.41, 5.74) is 5.60. The van der Waals surface area contributed by atoms with E-state index in [1.807, 2.05) is 91.9 Å². The van der Waals surface area contributed by atoms with E-state index in [1.54, 1.807) is 43.4 Å². The molecule has 54 heavy (non-hydrogen) atoms. The molecule has 0 saturated carbocycles. The van der Waals surface area contributed by atoms with Crippen LogP contribution in [0.2, 0.25) is 0 Å². The number of aliphatic imine (C=N–C) groups is 1. The van der Waals surface area contributed by atoms with Crippen molar-refractivity contribution in [3.8, 4) is 11.5 Å². The third kappa shape index (κ3) is 9.81. The van der Waals surface area contributed by atoms with Gasteiger partial charge in [-0.05, 0) is 66.8 Å². The summed E-state index contributed by atoms with van der Waals surface area (Å²) in [5.74, 6) is -0.713. The first kappa shape index (κ1) is 39.0. The van der Waals surface area contributed by atoms with Crippen molar-refractivity contribution in [2.24, 2.45) is 4.99 Å². The quantitative estimate of drug-likeness (QED) is 0.0568. The Morgan fingerprint density at radius 2 is 1.67 bits per heavy atom. The smallest absolute Gasteiger partial charge is 0.285 e. The summed E-state index contributed by atoms with van der Waals surface area (Å²) in [6, 6.07) is 30.6. The molecule has 0 spiro atoms. The fourth-order valence-corrected chi connectivity index (χ4v) is 6.72. The third-order valence-corrected chi connectivity index (χ3v) is 9.37. The summed E-state index contributed by atoms with van der Waals surface area (Å²) >= 11 is 1.01. The zero-order valence-corrected chi connectivity index (χ0v) is 31.5. The van der Waals surface area contributed by atoms with E-state index < -0.39 is 17.9 Å². The van der Waals surface area contributed by atoms with Crippen molar-refractivity contribution in [1.82, 2.24) is 10.2 Å². The lowest BCUT2D eigenvalue weighted by Gasteiger charge is -2.28. The second kappa shape index (κ2) is 19.0. The molecule has 3 amide bonds. The number of carbonyl (C=O) groups excluding carboxylic acids is 3. The lowest BCUT2D eigenvalue weighted by atomic mass is 9.99. The van der Waals surface area contributed by atoms with Gasteiger partial charge >= 0.3 is 0 Å². The molecule has 9 heteroatoms. The normalized spacial score (nSPS) is 14.0. The number of allylic oxidation sites excluding steroid dienone is 5. The molecular weight excluding hydrogens is 695 g/mol. The van der Waals surface area contributed by atoms with Gasteiger partial charge in [0.05, 0.1) is 18.9 Å². The number of amidine groups is 1. The summed E-state index contributed by atoms with van der Waals surface area (Å²) in [7, 11) is 1.54. The number of ether oxygens (including phenoxy) is 2. The van der Waals surface area contributed by atoms with Gasteiger partial charge in [-0.3, -0.25) is 19.3 Å². The number of amides is 3. The molecular formula is C45H43N3O5S. The van der Waals surface area contributed by atoms with Crippen molar-refractivity contribution in [3.05, 3.63) is 185 Å². The molecule has 0 aliphatic carbocycles. The van der Waals surface area contributed by atoms with Gasteiger partial charge in [0, 0.05) is 11.3 Å². The van der Waals surface area contributed by atoms with Crippen LogP contribution in [0.15, 0.2) is 157 Å². The zero-order chi connectivity index (χ0) is 38.5. The van der Waals surface area contributed by atoms with Crippen molar-refractivity contribution in [3.63, 3.8) is 0 Å². The molecule has 0 bridgehead atoms. The Morgan fingerprint density at radius 1 is 0.963 bits per heavy atom. The van der Waals surface area contributed by atoms with Gasteiger partial charge in [0.2, 0.25) is 5.91 Å². The monoisotopic (exact) mass is 737 g/mol. The van der Waals surface area contributed by atoms with Gasteiger partial charge in [-0.2, -0.15) is 4.99 Å². The van der Waals surface area contributed by atoms with E-state index in [2.05, 4.69) is 29.5 Å². The van der Waals surface area contributed by atoms with E-state index in [0.717, 1.165) is 39.6 Å². The molecule has 5 rings (SSSR count). The number of nitrogens with one attached hydrogen (secondary N) is 1. The molecule has 1 aliphatic heterocycles. The van der Waals surface area contributed by atoms with Crippen LogP contribution < -0.4 is 14.8 Å². The lowest BCUT2D eigenvalue weighted by molar-refractivity contribution is -0.126. The Kier molecular flexibility index (Phi) is 13.8. The van der Waals surface area contributed by atoms with Crippen LogP contribution in [-0.2, 0) is 27.4 Å². The van der Waals surface area contributed by atoms with Gasteiger partial charge in [-0.25, -0.2) is 0 Å². The number of hydrogen-bond acceptors (Lipinski definition) is 6. The average molecular weight is 738 g/mol. The molecule has 0 unspecified atom stereocenters. The number of benzene rings is 4. The summed E-state index contributed by atoms with van der Waals surface area (Å²) in [6.45, 7) is 11.8. The number of hydrogen-bond donors (Lipinski definition) is 1. The Balaban J connectivity index is 1.44. The van der Waals surface area contributed by atoms with Crippen LogP contribution in [-0.4, -0.2) is 40.7 Å². The van der Waals surface area contributed by atoms with E-state index in [9.17, 15) is 14.4 Å². The molecule has 1 heterocycles. The van der Waals surface area contributed by atoms with Crippen molar-refractivity contribution in [2.75, 3.05) is 12.9 Å². The van der Waals surface area contributed by atoms with Crippen molar-refractivity contribution < 1.29 is 23.9 Å². The Morgan fingerprint density at radius 3 is 2.28 bits per heavy atom. The van der Waals surface area contributed by atoms with Crippen LogP contribution in [0, 0.1) is 6.92 Å². The molecule has 0 saturated heterocycles. The summed E-state index contributed by atoms with van der Waals surface area (Å²) in [6.07, 6.45) is 10.4.